The SMILES string of the molecule is CCOC(=O)c1noc(-c2cnc(C3(N)CCC3)[nH]2)n1. The molecule has 0 saturated heterocycles. The first-order valence-corrected chi connectivity index (χ1v) is 6.48. The summed E-state index contributed by atoms with van der Waals surface area (Å²) in [6.07, 6.45) is 4.47. The average Bonchev–Trinajstić information content (AvgIpc) is 3.05. The van der Waals surface area contributed by atoms with Gasteiger partial charge in [0.05, 0.1) is 18.3 Å². The van der Waals surface area contributed by atoms with E-state index in [1.54, 1.807) is 13.1 Å². The summed E-state index contributed by atoms with van der Waals surface area (Å²) in [5.41, 5.74) is 6.33. The van der Waals surface area contributed by atoms with E-state index in [1.165, 1.54) is 0 Å². The van der Waals surface area contributed by atoms with Crippen LogP contribution in [-0.4, -0.2) is 32.7 Å². The lowest BCUT2D eigenvalue weighted by Crippen LogP contribution is -2.44. The molecule has 0 atom stereocenters. The van der Waals surface area contributed by atoms with Crippen molar-refractivity contribution in [2.45, 2.75) is 31.7 Å². The van der Waals surface area contributed by atoms with Crippen molar-refractivity contribution in [2.75, 3.05) is 6.61 Å². The van der Waals surface area contributed by atoms with Gasteiger partial charge < -0.3 is 20.0 Å². The van der Waals surface area contributed by atoms with Crippen LogP contribution in [0.1, 0.15) is 42.6 Å². The number of H-pyrrole nitrogens is 1. The largest absolute Gasteiger partial charge is 0.460 e. The van der Waals surface area contributed by atoms with Gasteiger partial charge in [0.1, 0.15) is 11.5 Å². The number of carbonyl (C=O) groups is 1. The van der Waals surface area contributed by atoms with Gasteiger partial charge in [-0.15, -0.1) is 0 Å². The summed E-state index contributed by atoms with van der Waals surface area (Å²) in [6.45, 7) is 1.96. The second kappa shape index (κ2) is 4.71. The van der Waals surface area contributed by atoms with E-state index in [9.17, 15) is 4.79 Å². The van der Waals surface area contributed by atoms with Gasteiger partial charge in [-0.05, 0) is 31.3 Å². The molecule has 106 valence electrons. The van der Waals surface area contributed by atoms with E-state index in [1.807, 2.05) is 0 Å². The smallest absolute Gasteiger partial charge is 0.379 e. The summed E-state index contributed by atoms with van der Waals surface area (Å²) in [5, 5.41) is 3.58. The van der Waals surface area contributed by atoms with E-state index in [2.05, 4.69) is 20.1 Å². The summed E-state index contributed by atoms with van der Waals surface area (Å²) < 4.78 is 9.82. The highest BCUT2D eigenvalue weighted by Gasteiger charge is 2.37. The van der Waals surface area contributed by atoms with Crippen LogP contribution in [-0.2, 0) is 10.3 Å². The van der Waals surface area contributed by atoms with Crippen LogP contribution in [0.15, 0.2) is 10.7 Å². The average molecular weight is 277 g/mol. The van der Waals surface area contributed by atoms with Crippen molar-refractivity contribution in [2.24, 2.45) is 5.73 Å². The Balaban J connectivity index is 1.81. The summed E-state index contributed by atoms with van der Waals surface area (Å²) in [5.74, 6) is 0.171. The Morgan fingerprint density at radius 2 is 2.40 bits per heavy atom. The second-order valence-electron chi connectivity index (χ2n) is 4.80. The van der Waals surface area contributed by atoms with Gasteiger partial charge >= 0.3 is 5.97 Å². The third-order valence-electron chi connectivity index (χ3n) is 3.41. The third kappa shape index (κ3) is 2.07. The summed E-state index contributed by atoms with van der Waals surface area (Å²) in [6, 6.07) is 0. The normalized spacial score (nSPS) is 16.7. The molecule has 0 bridgehead atoms. The highest BCUT2D eigenvalue weighted by Crippen LogP contribution is 2.37. The molecule has 1 aliphatic carbocycles. The van der Waals surface area contributed by atoms with Crippen molar-refractivity contribution in [3.05, 3.63) is 17.8 Å². The van der Waals surface area contributed by atoms with E-state index in [-0.39, 0.29) is 23.9 Å². The third-order valence-corrected chi connectivity index (χ3v) is 3.41. The van der Waals surface area contributed by atoms with Gasteiger partial charge in [-0.3, -0.25) is 0 Å². The minimum Gasteiger partial charge on any atom is -0.460 e. The highest BCUT2D eigenvalue weighted by atomic mass is 16.5. The zero-order chi connectivity index (χ0) is 14.2. The zero-order valence-electron chi connectivity index (χ0n) is 11.0. The Labute approximate surface area is 114 Å². The Morgan fingerprint density at radius 3 is 3.05 bits per heavy atom. The highest BCUT2D eigenvalue weighted by molar-refractivity contribution is 5.85. The molecule has 0 spiro atoms. The van der Waals surface area contributed by atoms with Crippen LogP contribution in [0.2, 0.25) is 0 Å². The first kappa shape index (κ1) is 12.8. The maximum absolute atomic E-state index is 11.5. The zero-order valence-corrected chi connectivity index (χ0v) is 11.0. The van der Waals surface area contributed by atoms with Gasteiger partial charge in [0.15, 0.2) is 0 Å². The number of esters is 1. The summed E-state index contributed by atoms with van der Waals surface area (Å²) in [4.78, 5) is 22.8. The van der Waals surface area contributed by atoms with E-state index in [0.717, 1.165) is 19.3 Å². The number of hydrogen-bond donors (Lipinski definition) is 2. The number of carbonyl (C=O) groups excluding carboxylic acids is 1. The van der Waals surface area contributed by atoms with Crippen LogP contribution in [0, 0.1) is 0 Å². The first-order valence-electron chi connectivity index (χ1n) is 6.48. The maximum Gasteiger partial charge on any atom is 0.379 e. The predicted octanol–water partition coefficient (Wildman–Crippen LogP) is 0.974. The predicted molar refractivity (Wildman–Crippen MR) is 67.6 cm³/mol. The topological polar surface area (TPSA) is 120 Å². The number of rotatable bonds is 4. The second-order valence-corrected chi connectivity index (χ2v) is 4.80. The van der Waals surface area contributed by atoms with Crippen LogP contribution in [0.5, 0.6) is 0 Å². The number of nitrogens with one attached hydrogen (secondary N) is 1. The molecule has 0 aromatic carbocycles. The number of nitrogens with zero attached hydrogens (tertiary/aromatic N) is 3. The van der Waals surface area contributed by atoms with Gasteiger partial charge in [-0.2, -0.15) is 4.98 Å². The van der Waals surface area contributed by atoms with Crippen LogP contribution in [0.4, 0.5) is 0 Å². The molecule has 2 aromatic rings. The molecular weight excluding hydrogens is 262 g/mol. The molecule has 8 heteroatoms. The van der Waals surface area contributed by atoms with Crippen molar-refractivity contribution in [1.82, 2.24) is 20.1 Å². The lowest BCUT2D eigenvalue weighted by atomic mass is 9.77. The van der Waals surface area contributed by atoms with Crippen LogP contribution in [0.3, 0.4) is 0 Å². The van der Waals surface area contributed by atoms with Crippen molar-refractivity contribution in [3.63, 3.8) is 0 Å². The fraction of sp³-hybridized carbons (Fsp3) is 0.500. The number of imidazole rings is 1. The maximum atomic E-state index is 11.5. The fourth-order valence-electron chi connectivity index (χ4n) is 2.09. The van der Waals surface area contributed by atoms with E-state index in [0.29, 0.717) is 11.5 Å². The molecule has 1 fully saturated rings. The summed E-state index contributed by atoms with van der Waals surface area (Å²) >= 11 is 0. The molecule has 1 aliphatic rings. The Hall–Kier alpha value is -2.22. The Morgan fingerprint density at radius 1 is 1.60 bits per heavy atom. The van der Waals surface area contributed by atoms with Crippen LogP contribution < -0.4 is 5.73 Å². The minimum absolute atomic E-state index is 0.107. The molecule has 2 heterocycles. The van der Waals surface area contributed by atoms with Crippen LogP contribution in [0.25, 0.3) is 11.6 Å². The quantitative estimate of drug-likeness (QED) is 0.799. The standard InChI is InChI=1S/C12H15N5O3/c1-2-19-10(18)8-16-9(20-17-8)7-6-14-11(15-7)12(13)4-3-5-12/h6H,2-5,13H2,1H3,(H,14,15). The molecule has 0 unspecified atom stereocenters. The molecule has 0 radical (unpaired) electrons. The van der Waals surface area contributed by atoms with Gasteiger partial charge in [0, 0.05) is 0 Å². The molecule has 8 nitrogen and oxygen atoms in total. The van der Waals surface area contributed by atoms with Crippen molar-refractivity contribution >= 4 is 5.97 Å². The Kier molecular flexibility index (Phi) is 3.01. The van der Waals surface area contributed by atoms with E-state index in [4.69, 9.17) is 15.0 Å². The van der Waals surface area contributed by atoms with E-state index >= 15 is 0 Å². The number of aromatic amines is 1. The number of aromatic nitrogens is 4. The monoisotopic (exact) mass is 277 g/mol. The molecule has 0 aliphatic heterocycles. The van der Waals surface area contributed by atoms with Crippen LogP contribution >= 0.6 is 0 Å². The van der Waals surface area contributed by atoms with E-state index < -0.39 is 5.97 Å². The number of ether oxygens (including phenoxy) is 1. The molecule has 1 saturated carbocycles. The van der Waals surface area contributed by atoms with Gasteiger partial charge in [0.25, 0.3) is 11.7 Å². The molecule has 2 aromatic heterocycles. The number of hydrogen-bond acceptors (Lipinski definition) is 7. The van der Waals surface area contributed by atoms with Gasteiger partial charge in [-0.1, -0.05) is 0 Å². The molecule has 20 heavy (non-hydrogen) atoms. The molecule has 0 amide bonds. The number of nitrogens with two attached hydrogens (primary N) is 1. The Bertz CT molecular complexity index is 629. The van der Waals surface area contributed by atoms with Gasteiger partial charge in [0.2, 0.25) is 0 Å². The summed E-state index contributed by atoms with van der Waals surface area (Å²) in [7, 11) is 0. The van der Waals surface area contributed by atoms with Crippen molar-refractivity contribution in [1.29, 1.82) is 0 Å². The lowest BCUT2D eigenvalue weighted by Gasteiger charge is -2.35. The van der Waals surface area contributed by atoms with Gasteiger partial charge in [-0.25, -0.2) is 9.78 Å². The minimum atomic E-state index is -0.614. The molecule has 3 rings (SSSR count). The molecule has 3 N–H and O–H groups in total. The lowest BCUT2D eigenvalue weighted by molar-refractivity contribution is 0.0508. The first-order chi connectivity index (χ1) is 9.62. The fourth-order valence-corrected chi connectivity index (χ4v) is 2.09. The van der Waals surface area contributed by atoms with Crippen molar-refractivity contribution < 1.29 is 14.1 Å². The molecular formula is C12H15N5O3. The van der Waals surface area contributed by atoms with Crippen molar-refractivity contribution in [3.8, 4) is 11.6 Å².